The molecule has 0 spiro atoms. The van der Waals surface area contributed by atoms with Crippen LogP contribution in [0.3, 0.4) is 0 Å². The Morgan fingerprint density at radius 2 is 1.88 bits per heavy atom. The van der Waals surface area contributed by atoms with E-state index in [-0.39, 0.29) is 28.5 Å². The quantitative estimate of drug-likeness (QED) is 0.482. The van der Waals surface area contributed by atoms with Crippen LogP contribution in [0.4, 0.5) is 0 Å². The maximum Gasteiger partial charge on any atom is 0.341 e. The Kier molecular flexibility index (Phi) is 5.71. The number of benzene rings is 2. The van der Waals surface area contributed by atoms with Gasteiger partial charge < -0.3 is 14.2 Å². The van der Waals surface area contributed by atoms with Gasteiger partial charge in [0, 0.05) is 31.7 Å². The van der Waals surface area contributed by atoms with Gasteiger partial charge in [-0.15, -0.1) is 0 Å². The molecule has 33 heavy (non-hydrogen) atoms. The van der Waals surface area contributed by atoms with Gasteiger partial charge in [0.2, 0.25) is 0 Å². The van der Waals surface area contributed by atoms with Crippen molar-refractivity contribution in [2.45, 2.75) is 44.0 Å². The fourth-order valence-corrected chi connectivity index (χ4v) is 6.29. The molecule has 1 amide bonds. The molecule has 1 unspecified atom stereocenters. The van der Waals surface area contributed by atoms with Crippen molar-refractivity contribution in [2.75, 3.05) is 20.9 Å². The lowest BCUT2D eigenvalue weighted by molar-refractivity contribution is -0.264. The van der Waals surface area contributed by atoms with Crippen LogP contribution in [0, 0.1) is 0 Å². The molecule has 0 N–H and O–H groups in total. The van der Waals surface area contributed by atoms with Gasteiger partial charge in [0.25, 0.3) is 15.9 Å². The zero-order valence-corrected chi connectivity index (χ0v) is 19.9. The molecule has 0 radical (unpaired) electrons. The molecule has 4 rings (SSSR count). The normalized spacial score (nSPS) is 19.0. The molecule has 9 nitrogen and oxygen atoms in total. The zero-order valence-electron chi connectivity index (χ0n) is 19.1. The molecule has 2 aromatic rings. The minimum absolute atomic E-state index is 0.0483. The lowest BCUT2D eigenvalue weighted by Crippen LogP contribution is -2.53. The van der Waals surface area contributed by atoms with E-state index in [1.807, 2.05) is 13.8 Å². The average Bonchev–Trinajstić information content (AvgIpc) is 2.98. The van der Waals surface area contributed by atoms with Crippen LogP contribution >= 0.6 is 0 Å². The summed E-state index contributed by atoms with van der Waals surface area (Å²) < 4.78 is 45.5. The maximum atomic E-state index is 14.1. The van der Waals surface area contributed by atoms with Crippen LogP contribution in [-0.2, 0) is 36.7 Å². The van der Waals surface area contributed by atoms with Crippen molar-refractivity contribution in [2.24, 2.45) is 0 Å². The van der Waals surface area contributed by atoms with Gasteiger partial charge in [-0.25, -0.2) is 8.42 Å². The van der Waals surface area contributed by atoms with Gasteiger partial charge in [-0.1, -0.05) is 44.2 Å². The molecule has 0 bridgehead atoms. The van der Waals surface area contributed by atoms with Crippen LogP contribution < -0.4 is 4.74 Å². The van der Waals surface area contributed by atoms with Crippen LogP contribution in [-0.4, -0.2) is 50.4 Å². The topological polar surface area (TPSA) is 102 Å². The summed E-state index contributed by atoms with van der Waals surface area (Å²) in [7, 11) is -1.53. The van der Waals surface area contributed by atoms with Crippen molar-refractivity contribution in [3.8, 4) is 5.75 Å². The standard InChI is InChI=1S/C23H26N2O7S/c1-14(2)17-11-19-18(12-24(4)13-31-19)21-20(17)22(27)25(33(21,28)29)23(30-5,32-15(3)26)16-9-7-6-8-10-16/h6-11,14H,12-13H2,1-5H3. The molecule has 1 atom stereocenters. The Hall–Kier alpha value is -2.95. The Balaban J connectivity index is 2.05. The van der Waals surface area contributed by atoms with Gasteiger partial charge in [0.15, 0.2) is 0 Å². The van der Waals surface area contributed by atoms with E-state index in [9.17, 15) is 18.0 Å². The summed E-state index contributed by atoms with van der Waals surface area (Å²) in [6.45, 7) is 5.43. The predicted molar refractivity (Wildman–Crippen MR) is 118 cm³/mol. The van der Waals surface area contributed by atoms with E-state index in [1.54, 1.807) is 36.2 Å². The Morgan fingerprint density at radius 1 is 1.21 bits per heavy atom. The summed E-state index contributed by atoms with van der Waals surface area (Å²) >= 11 is 0. The molecule has 2 aromatic carbocycles. The van der Waals surface area contributed by atoms with Gasteiger partial charge >= 0.3 is 11.9 Å². The number of hydrogen-bond donors (Lipinski definition) is 0. The van der Waals surface area contributed by atoms with Crippen molar-refractivity contribution < 1.29 is 32.2 Å². The van der Waals surface area contributed by atoms with E-state index in [4.69, 9.17) is 14.2 Å². The van der Waals surface area contributed by atoms with Gasteiger partial charge in [-0.2, -0.15) is 4.31 Å². The zero-order chi connectivity index (χ0) is 24.1. The molecule has 10 heteroatoms. The molecule has 2 aliphatic heterocycles. The van der Waals surface area contributed by atoms with Gasteiger partial charge in [0.05, 0.1) is 5.56 Å². The summed E-state index contributed by atoms with van der Waals surface area (Å²) in [6.07, 6.45) is 0. The highest BCUT2D eigenvalue weighted by molar-refractivity contribution is 7.90. The number of ether oxygens (including phenoxy) is 3. The lowest BCUT2D eigenvalue weighted by Gasteiger charge is -2.37. The van der Waals surface area contributed by atoms with Crippen molar-refractivity contribution >= 4 is 21.9 Å². The largest absolute Gasteiger partial charge is 0.478 e. The third kappa shape index (κ3) is 3.49. The Labute approximate surface area is 192 Å². The van der Waals surface area contributed by atoms with E-state index in [0.29, 0.717) is 27.9 Å². The first-order valence-corrected chi connectivity index (χ1v) is 11.9. The fourth-order valence-electron chi connectivity index (χ4n) is 4.33. The summed E-state index contributed by atoms with van der Waals surface area (Å²) in [6, 6.07) is 9.79. The Bertz CT molecular complexity index is 1230. The van der Waals surface area contributed by atoms with Gasteiger partial charge in [-0.3, -0.25) is 14.5 Å². The molecular weight excluding hydrogens is 448 g/mol. The first-order valence-electron chi connectivity index (χ1n) is 10.5. The predicted octanol–water partition coefficient (Wildman–Crippen LogP) is 2.76. The number of amides is 1. The first kappa shape index (κ1) is 23.2. The number of carbonyl (C=O) groups excluding carboxylic acids is 2. The number of rotatable bonds is 5. The molecule has 2 aliphatic rings. The SMILES string of the molecule is COC(OC(C)=O)(c1ccccc1)N1C(=O)c2c(C(C)C)cc3c(c2S1(=O)=O)CN(C)CO3. The number of hydrogen-bond acceptors (Lipinski definition) is 8. The van der Waals surface area contributed by atoms with E-state index in [2.05, 4.69) is 0 Å². The second kappa shape index (κ2) is 8.12. The number of nitrogens with zero attached hydrogens (tertiary/aromatic N) is 2. The molecule has 2 heterocycles. The molecule has 0 aromatic heterocycles. The summed E-state index contributed by atoms with van der Waals surface area (Å²) in [5.41, 5.74) is 1.15. The third-order valence-corrected chi connectivity index (χ3v) is 7.58. The lowest BCUT2D eigenvalue weighted by atomic mass is 9.93. The monoisotopic (exact) mass is 474 g/mol. The summed E-state index contributed by atoms with van der Waals surface area (Å²) in [4.78, 5) is 27.7. The number of methoxy groups -OCH3 is 1. The van der Waals surface area contributed by atoms with Crippen LogP contribution in [0.25, 0.3) is 0 Å². The highest BCUT2D eigenvalue weighted by atomic mass is 32.2. The fraction of sp³-hybridized carbons (Fsp3) is 0.391. The minimum atomic E-state index is -4.51. The van der Waals surface area contributed by atoms with Crippen molar-refractivity contribution in [3.05, 3.63) is 58.7 Å². The van der Waals surface area contributed by atoms with Gasteiger partial charge in [0.1, 0.15) is 17.4 Å². The van der Waals surface area contributed by atoms with Crippen molar-refractivity contribution in [1.29, 1.82) is 0 Å². The molecule has 0 aliphatic carbocycles. The highest BCUT2D eigenvalue weighted by Crippen LogP contribution is 2.48. The van der Waals surface area contributed by atoms with Crippen molar-refractivity contribution in [3.63, 3.8) is 0 Å². The van der Waals surface area contributed by atoms with E-state index < -0.39 is 27.8 Å². The molecular formula is C23H26N2O7S. The molecule has 0 fully saturated rings. The minimum Gasteiger partial charge on any atom is -0.478 e. The van der Waals surface area contributed by atoms with Crippen LogP contribution in [0.15, 0.2) is 41.3 Å². The second-order valence-corrected chi connectivity index (χ2v) is 10.1. The van der Waals surface area contributed by atoms with E-state index >= 15 is 0 Å². The molecule has 0 saturated carbocycles. The smallest absolute Gasteiger partial charge is 0.341 e. The molecule has 176 valence electrons. The van der Waals surface area contributed by atoms with Crippen LogP contribution in [0.2, 0.25) is 0 Å². The summed E-state index contributed by atoms with van der Waals surface area (Å²) in [5.74, 6) is -3.70. The maximum absolute atomic E-state index is 14.1. The highest BCUT2D eigenvalue weighted by Gasteiger charge is 2.59. The van der Waals surface area contributed by atoms with Crippen LogP contribution in [0.1, 0.15) is 53.7 Å². The molecule has 0 saturated heterocycles. The number of sulfonamides is 1. The van der Waals surface area contributed by atoms with E-state index in [1.165, 1.54) is 19.2 Å². The number of esters is 1. The summed E-state index contributed by atoms with van der Waals surface area (Å²) in [5, 5.41) is 0. The Morgan fingerprint density at radius 3 is 2.45 bits per heavy atom. The number of carbonyl (C=O) groups is 2. The number of fused-ring (bicyclic) bond motifs is 3. The van der Waals surface area contributed by atoms with Crippen molar-refractivity contribution in [1.82, 2.24) is 9.21 Å². The third-order valence-electron chi connectivity index (χ3n) is 5.73. The average molecular weight is 475 g/mol. The second-order valence-electron chi connectivity index (χ2n) is 8.41. The van der Waals surface area contributed by atoms with Crippen LogP contribution in [0.5, 0.6) is 5.75 Å². The van der Waals surface area contributed by atoms with E-state index in [0.717, 1.165) is 6.92 Å². The first-order chi connectivity index (χ1) is 15.5. The van der Waals surface area contributed by atoms with Gasteiger partial charge in [-0.05, 0) is 24.6 Å².